The van der Waals surface area contributed by atoms with Gasteiger partial charge in [0.25, 0.3) is 0 Å². The molecular weight excluding hydrogens is 354 g/mol. The van der Waals surface area contributed by atoms with Crippen LogP contribution in [0, 0.1) is 0 Å². The Hall–Kier alpha value is -2.94. The van der Waals surface area contributed by atoms with Gasteiger partial charge in [0.05, 0.1) is 19.1 Å². The Balaban J connectivity index is 2.69. The molecule has 0 aliphatic rings. The Morgan fingerprint density at radius 1 is 1.00 bits per heavy atom. The number of aliphatic hydroxyl groups excluding tert-OH is 1. The minimum Gasteiger partial charge on any atom is -0.480 e. The first-order chi connectivity index (χ1) is 12.7. The summed E-state index contributed by atoms with van der Waals surface area (Å²) in [5, 5.41) is 25.2. The number of carboxylic acid groups (broad SMARTS) is 1. The number of carbonyl (C=O) groups excluding carboxylic acids is 3. The first kappa shape index (κ1) is 22.1. The third-order valence-corrected chi connectivity index (χ3v) is 3.59. The van der Waals surface area contributed by atoms with Gasteiger partial charge in [-0.15, -0.1) is 0 Å². The van der Waals surface area contributed by atoms with Crippen molar-refractivity contribution in [1.29, 1.82) is 0 Å². The Bertz CT molecular complexity index is 662. The van der Waals surface area contributed by atoms with E-state index >= 15 is 0 Å². The monoisotopic (exact) mass is 379 g/mol. The van der Waals surface area contributed by atoms with E-state index in [0.29, 0.717) is 0 Å². The normalized spacial score (nSPS) is 13.7. The number of hydrogen-bond acceptors (Lipinski definition) is 5. The third kappa shape index (κ3) is 8.82. The molecule has 0 aliphatic heterocycles. The van der Waals surface area contributed by atoms with Crippen LogP contribution in [0.1, 0.15) is 25.8 Å². The van der Waals surface area contributed by atoms with Crippen LogP contribution in [0.25, 0.3) is 0 Å². The highest BCUT2D eigenvalue weighted by Gasteiger charge is 2.23. The first-order valence-corrected chi connectivity index (χ1v) is 8.50. The second-order valence-electron chi connectivity index (χ2n) is 6.21. The van der Waals surface area contributed by atoms with Gasteiger partial charge in [0.1, 0.15) is 12.1 Å². The van der Waals surface area contributed by atoms with Crippen molar-refractivity contribution in [2.45, 2.75) is 44.9 Å². The molecule has 0 fully saturated rings. The van der Waals surface area contributed by atoms with Gasteiger partial charge in [0, 0.05) is 6.42 Å². The topological polar surface area (TPSA) is 145 Å². The highest BCUT2D eigenvalue weighted by atomic mass is 16.4. The first-order valence-electron chi connectivity index (χ1n) is 8.50. The molecule has 9 heteroatoms. The zero-order valence-electron chi connectivity index (χ0n) is 15.3. The number of hydrogen-bond donors (Lipinski definition) is 5. The summed E-state index contributed by atoms with van der Waals surface area (Å²) in [4.78, 5) is 46.8. The predicted molar refractivity (Wildman–Crippen MR) is 96.6 cm³/mol. The molecule has 0 spiro atoms. The Kier molecular flexibility index (Phi) is 8.94. The summed E-state index contributed by atoms with van der Waals surface area (Å²) in [6.07, 6.45) is -0.811. The molecule has 1 aromatic rings. The average Bonchev–Trinajstić information content (AvgIpc) is 2.59. The van der Waals surface area contributed by atoms with Crippen LogP contribution in [0.3, 0.4) is 0 Å². The summed E-state index contributed by atoms with van der Waals surface area (Å²) in [7, 11) is 0. The van der Waals surface area contributed by atoms with E-state index in [1.807, 2.05) is 6.07 Å². The van der Waals surface area contributed by atoms with E-state index in [1.54, 1.807) is 24.3 Å². The van der Waals surface area contributed by atoms with Gasteiger partial charge in [-0.05, 0) is 19.4 Å². The summed E-state index contributed by atoms with van der Waals surface area (Å²) in [6.45, 7) is 2.34. The van der Waals surface area contributed by atoms with E-state index in [1.165, 1.54) is 13.8 Å². The maximum absolute atomic E-state index is 12.4. The molecule has 0 radical (unpaired) electrons. The van der Waals surface area contributed by atoms with Crippen LogP contribution in [-0.4, -0.2) is 58.6 Å². The van der Waals surface area contributed by atoms with Crippen LogP contribution >= 0.6 is 0 Å². The van der Waals surface area contributed by atoms with Crippen LogP contribution in [0.15, 0.2) is 30.3 Å². The second kappa shape index (κ2) is 10.9. The van der Waals surface area contributed by atoms with Crippen molar-refractivity contribution >= 4 is 23.7 Å². The molecule has 0 aliphatic carbocycles. The number of carbonyl (C=O) groups is 4. The number of amides is 3. The number of rotatable bonds is 10. The molecule has 0 saturated carbocycles. The lowest BCUT2D eigenvalue weighted by Gasteiger charge is -2.19. The molecule has 1 aromatic carbocycles. The molecule has 5 N–H and O–H groups in total. The molecule has 148 valence electrons. The maximum atomic E-state index is 12.4. The molecule has 0 bridgehead atoms. The van der Waals surface area contributed by atoms with Crippen LogP contribution in [0.4, 0.5) is 0 Å². The highest BCUT2D eigenvalue weighted by molar-refractivity contribution is 5.91. The number of benzene rings is 1. The van der Waals surface area contributed by atoms with Crippen molar-refractivity contribution < 1.29 is 29.4 Å². The van der Waals surface area contributed by atoms with Gasteiger partial charge in [0.2, 0.25) is 17.7 Å². The SMILES string of the molecule is CC(O)CC(=O)NC(Cc1ccccc1)C(=O)NCC(=O)NC(C)C(=O)O. The zero-order chi connectivity index (χ0) is 20.4. The largest absolute Gasteiger partial charge is 0.480 e. The van der Waals surface area contributed by atoms with Crippen molar-refractivity contribution in [2.24, 2.45) is 0 Å². The van der Waals surface area contributed by atoms with Gasteiger partial charge in [-0.1, -0.05) is 30.3 Å². The molecule has 3 amide bonds. The van der Waals surface area contributed by atoms with Crippen molar-refractivity contribution in [2.75, 3.05) is 6.54 Å². The molecule has 3 atom stereocenters. The molecule has 1 rings (SSSR count). The van der Waals surface area contributed by atoms with E-state index in [2.05, 4.69) is 16.0 Å². The van der Waals surface area contributed by atoms with Gasteiger partial charge < -0.3 is 26.2 Å². The van der Waals surface area contributed by atoms with Crippen molar-refractivity contribution in [3.05, 3.63) is 35.9 Å². The quantitative estimate of drug-likeness (QED) is 0.360. The van der Waals surface area contributed by atoms with Gasteiger partial charge in [-0.2, -0.15) is 0 Å². The Morgan fingerprint density at radius 3 is 2.19 bits per heavy atom. The number of aliphatic hydroxyl groups is 1. The minimum atomic E-state index is -1.19. The fourth-order valence-corrected chi connectivity index (χ4v) is 2.23. The van der Waals surface area contributed by atoms with Gasteiger partial charge >= 0.3 is 5.97 Å². The minimum absolute atomic E-state index is 0.158. The number of aliphatic carboxylic acids is 1. The van der Waals surface area contributed by atoms with E-state index < -0.39 is 48.4 Å². The Labute approximate surface area is 157 Å². The third-order valence-electron chi connectivity index (χ3n) is 3.59. The molecular formula is C18H25N3O6. The van der Waals surface area contributed by atoms with E-state index in [4.69, 9.17) is 5.11 Å². The molecule has 3 unspecified atom stereocenters. The van der Waals surface area contributed by atoms with Crippen molar-refractivity contribution in [1.82, 2.24) is 16.0 Å². The van der Waals surface area contributed by atoms with Crippen LogP contribution in [0.5, 0.6) is 0 Å². The van der Waals surface area contributed by atoms with Crippen LogP contribution in [0.2, 0.25) is 0 Å². The fraction of sp³-hybridized carbons (Fsp3) is 0.444. The molecule has 27 heavy (non-hydrogen) atoms. The lowest BCUT2D eigenvalue weighted by Crippen LogP contribution is -2.51. The number of nitrogens with one attached hydrogen (secondary N) is 3. The standard InChI is InChI=1S/C18H25N3O6/c1-11(22)8-15(23)21-14(9-13-6-4-3-5-7-13)17(25)19-10-16(24)20-12(2)18(26)27/h3-7,11-12,14,22H,8-10H2,1-2H3,(H,19,25)(H,20,24)(H,21,23)(H,26,27). The van der Waals surface area contributed by atoms with E-state index in [9.17, 15) is 24.3 Å². The highest BCUT2D eigenvalue weighted by Crippen LogP contribution is 2.04. The van der Waals surface area contributed by atoms with Gasteiger partial charge in [0.15, 0.2) is 0 Å². The van der Waals surface area contributed by atoms with Crippen molar-refractivity contribution in [3.8, 4) is 0 Å². The molecule has 0 heterocycles. The zero-order valence-corrected chi connectivity index (χ0v) is 15.3. The predicted octanol–water partition coefficient (Wildman–Crippen LogP) is -0.810. The molecule has 0 saturated heterocycles. The fourth-order valence-electron chi connectivity index (χ4n) is 2.23. The van der Waals surface area contributed by atoms with Crippen LogP contribution in [-0.2, 0) is 25.6 Å². The lowest BCUT2D eigenvalue weighted by molar-refractivity contribution is -0.141. The second-order valence-corrected chi connectivity index (χ2v) is 6.21. The summed E-state index contributed by atoms with van der Waals surface area (Å²) >= 11 is 0. The van der Waals surface area contributed by atoms with Crippen LogP contribution < -0.4 is 16.0 Å². The smallest absolute Gasteiger partial charge is 0.325 e. The van der Waals surface area contributed by atoms with Gasteiger partial charge in [-0.3, -0.25) is 19.2 Å². The summed E-state index contributed by atoms with van der Waals surface area (Å²) < 4.78 is 0. The average molecular weight is 379 g/mol. The Morgan fingerprint density at radius 2 is 1.63 bits per heavy atom. The van der Waals surface area contributed by atoms with E-state index in [0.717, 1.165) is 5.56 Å². The summed E-state index contributed by atoms with van der Waals surface area (Å²) in [6, 6.07) is 6.97. The van der Waals surface area contributed by atoms with Crippen molar-refractivity contribution in [3.63, 3.8) is 0 Å². The molecule has 9 nitrogen and oxygen atoms in total. The lowest BCUT2D eigenvalue weighted by atomic mass is 10.0. The van der Waals surface area contributed by atoms with Gasteiger partial charge in [-0.25, -0.2) is 0 Å². The maximum Gasteiger partial charge on any atom is 0.325 e. The summed E-state index contributed by atoms with van der Waals surface area (Å²) in [5.41, 5.74) is 0.805. The van der Waals surface area contributed by atoms with E-state index in [-0.39, 0.29) is 12.8 Å². The number of carboxylic acids is 1. The summed E-state index contributed by atoms with van der Waals surface area (Å²) in [5.74, 6) is -2.94. The molecule has 0 aromatic heterocycles.